The molecule has 2 amide bonds. The Bertz CT molecular complexity index is 263. The van der Waals surface area contributed by atoms with E-state index in [2.05, 4.69) is 0 Å². The van der Waals surface area contributed by atoms with Crippen LogP contribution in [0.4, 0.5) is 4.79 Å². The highest BCUT2D eigenvalue weighted by Crippen LogP contribution is 2.28. The molecule has 0 aliphatic carbocycles. The second-order valence-corrected chi connectivity index (χ2v) is 4.02. The Morgan fingerprint density at radius 3 is 1.44 bits per heavy atom. The van der Waals surface area contributed by atoms with E-state index in [-0.39, 0.29) is 6.03 Å². The van der Waals surface area contributed by atoms with Crippen molar-refractivity contribution in [3.05, 3.63) is 0 Å². The van der Waals surface area contributed by atoms with Crippen molar-refractivity contribution in [3.8, 4) is 0 Å². The second kappa shape index (κ2) is 6.33. The lowest BCUT2D eigenvalue weighted by molar-refractivity contribution is -0.157. The Morgan fingerprint density at radius 2 is 1.22 bits per heavy atom. The summed E-state index contributed by atoms with van der Waals surface area (Å²) in [4.78, 5) is 15.4. The molecule has 1 saturated heterocycles. The Labute approximate surface area is 108 Å². The molecule has 1 heterocycles. The van der Waals surface area contributed by atoms with E-state index < -0.39 is 24.9 Å². The van der Waals surface area contributed by atoms with Gasteiger partial charge in [-0.3, -0.25) is 9.80 Å². The molecular weight excluding hydrogens is 240 g/mol. The highest BCUT2D eigenvalue weighted by molar-refractivity contribution is 5.77. The molecular formula is C11H22N2O5. The summed E-state index contributed by atoms with van der Waals surface area (Å²) in [5.74, 6) is 0. The largest absolute Gasteiger partial charge is 0.362 e. The van der Waals surface area contributed by atoms with Crippen molar-refractivity contribution in [1.29, 1.82) is 0 Å². The van der Waals surface area contributed by atoms with Gasteiger partial charge >= 0.3 is 6.03 Å². The van der Waals surface area contributed by atoms with Crippen LogP contribution in [0.2, 0.25) is 0 Å². The van der Waals surface area contributed by atoms with Gasteiger partial charge in [-0.15, -0.1) is 0 Å². The van der Waals surface area contributed by atoms with Gasteiger partial charge in [-0.05, 0) is 13.8 Å². The van der Waals surface area contributed by atoms with Crippen LogP contribution in [0, 0.1) is 0 Å². The van der Waals surface area contributed by atoms with Crippen LogP contribution in [0.25, 0.3) is 0 Å². The summed E-state index contributed by atoms with van der Waals surface area (Å²) in [6, 6.07) is -0.239. The molecule has 0 radical (unpaired) electrons. The minimum Gasteiger partial charge on any atom is -0.362 e. The fraction of sp³-hybridized carbons (Fsp3) is 0.909. The topological polar surface area (TPSA) is 60.5 Å². The predicted octanol–water partition coefficient (Wildman–Crippen LogP) is 0.654. The molecule has 0 aromatic heterocycles. The Morgan fingerprint density at radius 1 is 0.889 bits per heavy atom. The minimum atomic E-state index is -0.532. The number of methoxy groups -OCH3 is 4. The van der Waals surface area contributed by atoms with E-state index in [0.29, 0.717) is 0 Å². The zero-order valence-corrected chi connectivity index (χ0v) is 11.7. The first-order valence-electron chi connectivity index (χ1n) is 5.75. The summed E-state index contributed by atoms with van der Waals surface area (Å²) in [6.07, 6.45) is -1.88. The number of nitrogens with zero attached hydrogens (tertiary/aromatic N) is 2. The zero-order valence-electron chi connectivity index (χ0n) is 11.7. The van der Waals surface area contributed by atoms with Crippen molar-refractivity contribution < 1.29 is 23.7 Å². The quantitative estimate of drug-likeness (QED) is 0.703. The molecule has 4 unspecified atom stereocenters. The average molecular weight is 262 g/mol. The molecule has 7 heteroatoms. The predicted molar refractivity (Wildman–Crippen MR) is 63.6 cm³/mol. The first-order chi connectivity index (χ1) is 8.53. The van der Waals surface area contributed by atoms with Gasteiger partial charge in [-0.1, -0.05) is 0 Å². The third-order valence-corrected chi connectivity index (χ3v) is 3.18. The maximum atomic E-state index is 12.4. The van der Waals surface area contributed by atoms with Crippen LogP contribution < -0.4 is 0 Å². The minimum absolute atomic E-state index is 0.239. The molecule has 7 nitrogen and oxygen atoms in total. The molecule has 0 N–H and O–H groups in total. The molecule has 0 spiro atoms. The third kappa shape index (κ3) is 2.44. The lowest BCUT2D eigenvalue weighted by atomic mass is 10.4. The molecule has 106 valence electrons. The van der Waals surface area contributed by atoms with E-state index in [4.69, 9.17) is 18.9 Å². The van der Waals surface area contributed by atoms with Crippen molar-refractivity contribution in [2.24, 2.45) is 0 Å². The van der Waals surface area contributed by atoms with Crippen molar-refractivity contribution in [3.63, 3.8) is 0 Å². The summed E-state index contributed by atoms with van der Waals surface area (Å²) in [7, 11) is 6.13. The van der Waals surface area contributed by atoms with Crippen LogP contribution in [0.15, 0.2) is 0 Å². The summed E-state index contributed by atoms with van der Waals surface area (Å²) in [5.41, 5.74) is 0. The van der Waals surface area contributed by atoms with Gasteiger partial charge < -0.3 is 18.9 Å². The van der Waals surface area contributed by atoms with E-state index >= 15 is 0 Å². The molecule has 1 aliphatic rings. The van der Waals surface area contributed by atoms with Crippen LogP contribution in [-0.2, 0) is 18.9 Å². The Kier molecular flexibility index (Phi) is 5.33. The lowest BCUT2D eigenvalue weighted by Gasteiger charge is -2.28. The SMILES string of the molecule is COC(C)N1C(=O)N(C(C)OC)C(OC)C1OC. The Balaban J connectivity index is 3.04. The first kappa shape index (κ1) is 15.2. The molecule has 0 aromatic carbocycles. The Hall–Kier alpha value is -0.890. The average Bonchev–Trinajstić information content (AvgIpc) is 2.68. The van der Waals surface area contributed by atoms with Crippen LogP contribution in [-0.4, -0.2) is 69.2 Å². The van der Waals surface area contributed by atoms with Gasteiger partial charge in [0, 0.05) is 28.4 Å². The summed E-state index contributed by atoms with van der Waals surface area (Å²) < 4.78 is 21.1. The third-order valence-electron chi connectivity index (χ3n) is 3.18. The lowest BCUT2D eigenvalue weighted by Crippen LogP contribution is -2.45. The van der Waals surface area contributed by atoms with Gasteiger partial charge in [0.05, 0.1) is 0 Å². The molecule has 4 atom stereocenters. The molecule has 0 aromatic rings. The van der Waals surface area contributed by atoms with Gasteiger partial charge in [0.25, 0.3) is 0 Å². The van der Waals surface area contributed by atoms with E-state index in [0.717, 1.165) is 0 Å². The fourth-order valence-electron chi connectivity index (χ4n) is 2.04. The van der Waals surface area contributed by atoms with Crippen LogP contribution >= 0.6 is 0 Å². The standard InChI is InChI=1S/C11H22N2O5/c1-7(15-3)12-9(17-5)10(18-6)13(11(12)14)8(2)16-4/h7-10H,1-6H3. The number of hydrogen-bond acceptors (Lipinski definition) is 5. The van der Waals surface area contributed by atoms with Gasteiger partial charge in [-0.25, -0.2) is 4.79 Å². The van der Waals surface area contributed by atoms with E-state index in [1.165, 1.54) is 38.2 Å². The van der Waals surface area contributed by atoms with Gasteiger partial charge in [0.15, 0.2) is 12.5 Å². The number of ether oxygens (including phenoxy) is 4. The van der Waals surface area contributed by atoms with Gasteiger partial charge in [-0.2, -0.15) is 0 Å². The smallest absolute Gasteiger partial charge is 0.328 e. The molecule has 1 rings (SSSR count). The van der Waals surface area contributed by atoms with Crippen molar-refractivity contribution >= 4 is 6.03 Å². The summed E-state index contributed by atoms with van der Waals surface area (Å²) >= 11 is 0. The number of carbonyl (C=O) groups excluding carboxylic acids is 1. The summed E-state index contributed by atoms with van der Waals surface area (Å²) in [6.45, 7) is 3.55. The molecule has 18 heavy (non-hydrogen) atoms. The highest BCUT2D eigenvalue weighted by atomic mass is 16.6. The molecule has 1 fully saturated rings. The van der Waals surface area contributed by atoms with E-state index in [9.17, 15) is 4.79 Å². The van der Waals surface area contributed by atoms with Crippen molar-refractivity contribution in [1.82, 2.24) is 9.80 Å². The number of hydrogen-bond donors (Lipinski definition) is 0. The first-order valence-corrected chi connectivity index (χ1v) is 5.75. The van der Waals surface area contributed by atoms with E-state index in [1.807, 2.05) is 0 Å². The van der Waals surface area contributed by atoms with Crippen LogP contribution in [0.1, 0.15) is 13.8 Å². The fourth-order valence-corrected chi connectivity index (χ4v) is 2.04. The van der Waals surface area contributed by atoms with Crippen LogP contribution in [0.3, 0.4) is 0 Å². The van der Waals surface area contributed by atoms with Crippen molar-refractivity contribution in [2.45, 2.75) is 38.8 Å². The molecule has 0 saturated carbocycles. The van der Waals surface area contributed by atoms with E-state index in [1.54, 1.807) is 13.8 Å². The number of carbonyl (C=O) groups is 1. The van der Waals surface area contributed by atoms with Crippen LogP contribution in [0.5, 0.6) is 0 Å². The summed E-state index contributed by atoms with van der Waals surface area (Å²) in [5, 5.41) is 0. The molecule has 0 bridgehead atoms. The molecule has 1 aliphatic heterocycles. The number of urea groups is 1. The highest BCUT2D eigenvalue weighted by Gasteiger charge is 2.50. The number of amides is 2. The van der Waals surface area contributed by atoms with Crippen molar-refractivity contribution in [2.75, 3.05) is 28.4 Å². The monoisotopic (exact) mass is 262 g/mol. The van der Waals surface area contributed by atoms with Gasteiger partial charge in [0.1, 0.15) is 12.5 Å². The number of rotatable bonds is 6. The zero-order chi connectivity index (χ0) is 13.9. The maximum absolute atomic E-state index is 12.4. The maximum Gasteiger partial charge on any atom is 0.328 e. The normalized spacial score (nSPS) is 27.8. The van der Waals surface area contributed by atoms with Gasteiger partial charge in [0.2, 0.25) is 0 Å². The second-order valence-electron chi connectivity index (χ2n) is 4.02.